The van der Waals surface area contributed by atoms with Crippen LogP contribution in [0.5, 0.6) is 0 Å². The van der Waals surface area contributed by atoms with E-state index in [2.05, 4.69) is 60.9 Å². The molecule has 2 bridgehead atoms. The number of benzene rings is 2. The molecule has 2 nitrogen and oxygen atoms in total. The topological polar surface area (TPSA) is 17.8 Å². The molecule has 24 heavy (non-hydrogen) atoms. The van der Waals surface area contributed by atoms with E-state index in [1.54, 1.807) is 11.1 Å². The standard InChI is InChI=1S/C22H24N2/c1-14(2)24-21-13-19-16-10-8-15(9-11-16)18(19)12-20(21)23-22(24)17-6-4-3-5-7-17/h3-7,12-16H,8-11H2,1-2H3. The van der Waals surface area contributed by atoms with Crippen LogP contribution in [0, 0.1) is 0 Å². The van der Waals surface area contributed by atoms with Gasteiger partial charge in [-0.3, -0.25) is 0 Å². The van der Waals surface area contributed by atoms with Gasteiger partial charge in [0.2, 0.25) is 0 Å². The Morgan fingerprint density at radius 3 is 2.17 bits per heavy atom. The molecule has 0 aliphatic heterocycles. The van der Waals surface area contributed by atoms with E-state index in [1.807, 2.05) is 0 Å². The third-order valence-corrected chi connectivity index (χ3v) is 6.05. The van der Waals surface area contributed by atoms with Crippen molar-refractivity contribution < 1.29 is 0 Å². The second-order valence-electron chi connectivity index (χ2n) is 7.78. The van der Waals surface area contributed by atoms with Gasteiger partial charge in [-0.1, -0.05) is 30.3 Å². The Morgan fingerprint density at radius 2 is 1.54 bits per heavy atom. The van der Waals surface area contributed by atoms with E-state index in [0.717, 1.165) is 17.7 Å². The average Bonchev–Trinajstić information content (AvgIpc) is 3.00. The summed E-state index contributed by atoms with van der Waals surface area (Å²) in [5.41, 5.74) is 6.91. The highest BCUT2D eigenvalue weighted by Gasteiger charge is 2.33. The van der Waals surface area contributed by atoms with Gasteiger partial charge in [0.1, 0.15) is 5.82 Å². The van der Waals surface area contributed by atoms with Crippen molar-refractivity contribution >= 4 is 11.0 Å². The van der Waals surface area contributed by atoms with Crippen LogP contribution in [-0.4, -0.2) is 9.55 Å². The molecule has 1 fully saturated rings. The number of rotatable bonds is 2. The van der Waals surface area contributed by atoms with E-state index < -0.39 is 0 Å². The van der Waals surface area contributed by atoms with Crippen molar-refractivity contribution in [2.24, 2.45) is 0 Å². The molecule has 0 unspecified atom stereocenters. The van der Waals surface area contributed by atoms with Crippen LogP contribution in [0.15, 0.2) is 42.5 Å². The Morgan fingerprint density at radius 1 is 0.917 bits per heavy atom. The van der Waals surface area contributed by atoms with E-state index >= 15 is 0 Å². The SMILES string of the molecule is CC(C)n1c(-c2ccccc2)nc2cc3c(cc21)C1CCC3CC1. The summed E-state index contributed by atoms with van der Waals surface area (Å²) in [4.78, 5) is 5.06. The van der Waals surface area contributed by atoms with Crippen molar-refractivity contribution in [1.29, 1.82) is 0 Å². The van der Waals surface area contributed by atoms with Gasteiger partial charge in [0.25, 0.3) is 0 Å². The minimum Gasteiger partial charge on any atom is -0.321 e. The van der Waals surface area contributed by atoms with Crippen LogP contribution in [0.2, 0.25) is 0 Å². The second-order valence-corrected chi connectivity index (χ2v) is 7.78. The lowest BCUT2D eigenvalue weighted by Crippen LogP contribution is -2.21. The molecule has 122 valence electrons. The molecule has 0 N–H and O–H groups in total. The van der Waals surface area contributed by atoms with Crippen molar-refractivity contribution in [3.05, 3.63) is 53.6 Å². The van der Waals surface area contributed by atoms with E-state index in [-0.39, 0.29) is 0 Å². The molecule has 0 spiro atoms. The Hall–Kier alpha value is -2.09. The van der Waals surface area contributed by atoms with Crippen LogP contribution >= 0.6 is 0 Å². The van der Waals surface area contributed by atoms with Gasteiger partial charge in [-0.05, 0) is 74.6 Å². The Kier molecular flexibility index (Phi) is 3.09. The summed E-state index contributed by atoms with van der Waals surface area (Å²) >= 11 is 0. The molecule has 2 heteroatoms. The maximum atomic E-state index is 5.06. The quantitative estimate of drug-likeness (QED) is 0.563. The molecular formula is C22H24N2. The third kappa shape index (κ3) is 1.98. The average molecular weight is 316 g/mol. The van der Waals surface area contributed by atoms with E-state index in [9.17, 15) is 0 Å². The van der Waals surface area contributed by atoms with Gasteiger partial charge >= 0.3 is 0 Å². The lowest BCUT2D eigenvalue weighted by molar-refractivity contribution is 0.359. The van der Waals surface area contributed by atoms with Gasteiger partial charge in [0.05, 0.1) is 11.0 Å². The molecule has 2 aromatic carbocycles. The number of fused-ring (bicyclic) bond motifs is 3. The van der Waals surface area contributed by atoms with Crippen molar-refractivity contribution in [2.45, 2.75) is 57.4 Å². The first-order valence-electron chi connectivity index (χ1n) is 9.33. The Labute approximate surface area is 143 Å². The highest BCUT2D eigenvalue weighted by molar-refractivity contribution is 5.83. The lowest BCUT2D eigenvalue weighted by Gasteiger charge is -2.38. The zero-order chi connectivity index (χ0) is 16.3. The van der Waals surface area contributed by atoms with Crippen molar-refractivity contribution in [3.8, 4) is 11.4 Å². The van der Waals surface area contributed by atoms with E-state index in [1.165, 1.54) is 42.3 Å². The zero-order valence-corrected chi connectivity index (χ0v) is 14.5. The first kappa shape index (κ1) is 14.3. The van der Waals surface area contributed by atoms with Crippen LogP contribution in [0.25, 0.3) is 22.4 Å². The van der Waals surface area contributed by atoms with Crippen molar-refractivity contribution in [3.63, 3.8) is 0 Å². The molecule has 3 aliphatic carbocycles. The molecule has 3 aliphatic rings. The number of nitrogens with zero attached hydrogens (tertiary/aromatic N) is 2. The van der Waals surface area contributed by atoms with Crippen LogP contribution in [-0.2, 0) is 0 Å². The molecule has 0 atom stereocenters. The highest BCUT2D eigenvalue weighted by atomic mass is 15.1. The highest BCUT2D eigenvalue weighted by Crippen LogP contribution is 2.50. The van der Waals surface area contributed by atoms with Crippen LogP contribution in [0.3, 0.4) is 0 Å². The summed E-state index contributed by atoms with van der Waals surface area (Å²) in [7, 11) is 0. The Balaban J connectivity index is 1.79. The summed E-state index contributed by atoms with van der Waals surface area (Å²) in [6.07, 6.45) is 5.51. The molecular weight excluding hydrogens is 292 g/mol. The molecule has 0 amide bonds. The van der Waals surface area contributed by atoms with Crippen LogP contribution in [0.1, 0.15) is 68.5 Å². The maximum absolute atomic E-state index is 5.06. The first-order chi connectivity index (χ1) is 11.7. The van der Waals surface area contributed by atoms with Gasteiger partial charge in [-0.2, -0.15) is 0 Å². The van der Waals surface area contributed by atoms with Crippen LogP contribution in [0.4, 0.5) is 0 Å². The smallest absolute Gasteiger partial charge is 0.141 e. The van der Waals surface area contributed by atoms with Gasteiger partial charge in [0.15, 0.2) is 0 Å². The molecule has 0 saturated heterocycles. The zero-order valence-electron chi connectivity index (χ0n) is 14.5. The summed E-state index contributed by atoms with van der Waals surface area (Å²) in [6, 6.07) is 15.9. The fraction of sp³-hybridized carbons (Fsp3) is 0.409. The van der Waals surface area contributed by atoms with Crippen molar-refractivity contribution in [1.82, 2.24) is 9.55 Å². The monoisotopic (exact) mass is 316 g/mol. The minimum absolute atomic E-state index is 0.407. The molecule has 1 heterocycles. The molecule has 0 radical (unpaired) electrons. The predicted octanol–water partition coefficient (Wildman–Crippen LogP) is 6.04. The number of hydrogen-bond donors (Lipinski definition) is 0. The lowest BCUT2D eigenvalue weighted by atomic mass is 9.67. The number of aromatic nitrogens is 2. The molecule has 1 aromatic heterocycles. The summed E-state index contributed by atoms with van der Waals surface area (Å²) in [5, 5.41) is 0. The summed E-state index contributed by atoms with van der Waals surface area (Å²) in [6.45, 7) is 4.53. The molecule has 3 aromatic rings. The normalized spacial score (nSPS) is 22.3. The predicted molar refractivity (Wildman–Crippen MR) is 99.5 cm³/mol. The van der Waals surface area contributed by atoms with Gasteiger partial charge in [-0.25, -0.2) is 4.98 Å². The molecule has 6 rings (SSSR count). The largest absolute Gasteiger partial charge is 0.321 e. The van der Waals surface area contributed by atoms with Crippen molar-refractivity contribution in [2.75, 3.05) is 0 Å². The van der Waals surface area contributed by atoms with E-state index in [0.29, 0.717) is 6.04 Å². The van der Waals surface area contributed by atoms with Gasteiger partial charge < -0.3 is 4.57 Å². The van der Waals surface area contributed by atoms with Gasteiger partial charge in [-0.15, -0.1) is 0 Å². The maximum Gasteiger partial charge on any atom is 0.141 e. The number of imidazole rings is 1. The summed E-state index contributed by atoms with van der Waals surface area (Å²) in [5.74, 6) is 2.67. The van der Waals surface area contributed by atoms with Crippen LogP contribution < -0.4 is 0 Å². The molecule has 1 saturated carbocycles. The first-order valence-corrected chi connectivity index (χ1v) is 9.33. The Bertz CT molecular complexity index is 897. The third-order valence-electron chi connectivity index (χ3n) is 6.05. The minimum atomic E-state index is 0.407. The number of hydrogen-bond acceptors (Lipinski definition) is 1. The summed E-state index contributed by atoms with van der Waals surface area (Å²) < 4.78 is 2.42. The van der Waals surface area contributed by atoms with E-state index in [4.69, 9.17) is 4.98 Å². The second kappa shape index (κ2) is 5.20. The fourth-order valence-electron chi connectivity index (χ4n) is 4.91. The fourth-order valence-corrected chi connectivity index (χ4v) is 4.91. The van der Waals surface area contributed by atoms with Gasteiger partial charge in [0, 0.05) is 11.6 Å².